The van der Waals surface area contributed by atoms with E-state index >= 15 is 0 Å². The summed E-state index contributed by atoms with van der Waals surface area (Å²) < 4.78 is 11.5. The molecule has 0 aliphatic rings. The Balaban J connectivity index is 1.79. The second-order valence-corrected chi connectivity index (χ2v) is 6.70. The number of nitrogens with zero attached hydrogens (tertiary/aromatic N) is 1. The zero-order chi connectivity index (χ0) is 19.6. The van der Waals surface area contributed by atoms with E-state index in [1.165, 1.54) is 13.3 Å². The summed E-state index contributed by atoms with van der Waals surface area (Å²) in [7, 11) is 3.11. The van der Waals surface area contributed by atoms with E-state index in [1.54, 1.807) is 25.3 Å². The predicted molar refractivity (Wildman–Crippen MR) is 112 cm³/mol. The molecule has 0 spiro atoms. The lowest BCUT2D eigenvalue weighted by Gasteiger charge is -2.07. The van der Waals surface area contributed by atoms with Crippen LogP contribution in [-0.2, 0) is 9.59 Å². The summed E-state index contributed by atoms with van der Waals surface area (Å²) in [5, 5.41) is 6.64. The lowest BCUT2D eigenvalue weighted by molar-refractivity contribution is -0.124. The van der Waals surface area contributed by atoms with Crippen molar-refractivity contribution < 1.29 is 19.1 Å². The fourth-order valence-electron chi connectivity index (χ4n) is 2.14. The normalized spacial score (nSPS) is 10.5. The number of nitrogens with one attached hydrogen (secondary N) is 2. The number of hydrogen-bond donors (Lipinski definition) is 2. The molecule has 0 aliphatic heterocycles. The van der Waals surface area contributed by atoms with Gasteiger partial charge in [0.05, 0.1) is 20.4 Å². The molecule has 0 aliphatic carbocycles. The number of rotatable bonds is 8. The third-order valence-electron chi connectivity index (χ3n) is 3.54. The largest absolute Gasteiger partial charge is 0.497 e. The van der Waals surface area contributed by atoms with Gasteiger partial charge in [0.2, 0.25) is 11.8 Å². The smallest absolute Gasteiger partial charge is 0.240 e. The third-order valence-corrected chi connectivity index (χ3v) is 4.26. The molecule has 8 heteroatoms. The van der Waals surface area contributed by atoms with Gasteiger partial charge in [-0.3, -0.25) is 9.59 Å². The number of halogens is 1. The molecule has 2 aromatic rings. The van der Waals surface area contributed by atoms with E-state index in [2.05, 4.69) is 38.4 Å². The van der Waals surface area contributed by atoms with E-state index in [-0.39, 0.29) is 24.7 Å². The fraction of sp³-hybridized carbons (Fsp3) is 0.211. The van der Waals surface area contributed by atoms with Gasteiger partial charge in [-0.2, -0.15) is 5.10 Å². The van der Waals surface area contributed by atoms with E-state index in [0.717, 1.165) is 3.57 Å². The van der Waals surface area contributed by atoms with Crippen LogP contribution in [0, 0.1) is 3.57 Å². The van der Waals surface area contributed by atoms with E-state index < -0.39 is 0 Å². The average Bonchev–Trinajstić information content (AvgIpc) is 2.68. The van der Waals surface area contributed by atoms with Crippen molar-refractivity contribution in [1.29, 1.82) is 0 Å². The Hall–Kier alpha value is -2.62. The van der Waals surface area contributed by atoms with Crippen molar-refractivity contribution in [2.75, 3.05) is 19.5 Å². The molecule has 0 unspecified atom stereocenters. The summed E-state index contributed by atoms with van der Waals surface area (Å²) in [4.78, 5) is 23.7. The Morgan fingerprint density at radius 3 is 2.41 bits per heavy atom. The second kappa shape index (κ2) is 10.5. The number of carbonyl (C=O) groups is 2. The van der Waals surface area contributed by atoms with Crippen LogP contribution >= 0.6 is 22.6 Å². The highest BCUT2D eigenvalue weighted by Crippen LogP contribution is 2.23. The van der Waals surface area contributed by atoms with Crippen LogP contribution in [0.15, 0.2) is 47.6 Å². The highest BCUT2D eigenvalue weighted by Gasteiger charge is 2.07. The number of hydrogen-bond acceptors (Lipinski definition) is 5. The van der Waals surface area contributed by atoms with E-state index in [0.29, 0.717) is 22.7 Å². The van der Waals surface area contributed by atoms with Gasteiger partial charge >= 0.3 is 0 Å². The van der Waals surface area contributed by atoms with E-state index in [4.69, 9.17) is 9.47 Å². The van der Waals surface area contributed by atoms with Gasteiger partial charge < -0.3 is 14.8 Å². The number of benzene rings is 2. The maximum absolute atomic E-state index is 11.9. The minimum absolute atomic E-state index is 0.0350. The number of ether oxygens (including phenoxy) is 2. The van der Waals surface area contributed by atoms with Crippen molar-refractivity contribution >= 4 is 46.3 Å². The Morgan fingerprint density at radius 2 is 1.74 bits per heavy atom. The van der Waals surface area contributed by atoms with Crippen LogP contribution in [0.3, 0.4) is 0 Å². The van der Waals surface area contributed by atoms with Gasteiger partial charge in [0.1, 0.15) is 11.5 Å². The topological polar surface area (TPSA) is 89.0 Å². The number of hydrazone groups is 1. The van der Waals surface area contributed by atoms with Crippen LogP contribution in [0.4, 0.5) is 5.69 Å². The summed E-state index contributed by atoms with van der Waals surface area (Å²) in [6, 6.07) is 12.7. The molecule has 0 bridgehead atoms. The second-order valence-electron chi connectivity index (χ2n) is 5.46. The number of amides is 2. The molecule has 27 heavy (non-hydrogen) atoms. The van der Waals surface area contributed by atoms with Crippen molar-refractivity contribution in [3.05, 3.63) is 51.6 Å². The summed E-state index contributed by atoms with van der Waals surface area (Å²) >= 11 is 2.19. The molecule has 2 amide bonds. The van der Waals surface area contributed by atoms with Crippen molar-refractivity contribution in [2.45, 2.75) is 12.8 Å². The highest BCUT2D eigenvalue weighted by atomic mass is 127. The lowest BCUT2D eigenvalue weighted by atomic mass is 10.2. The molecule has 0 aromatic heterocycles. The molecule has 0 atom stereocenters. The molecule has 2 N–H and O–H groups in total. The van der Waals surface area contributed by atoms with Gasteiger partial charge in [0, 0.05) is 33.7 Å². The number of anilines is 1. The molecule has 0 heterocycles. The molecular formula is C19H20IN3O4. The predicted octanol–water partition coefficient (Wildman–Crippen LogP) is 3.18. The SMILES string of the molecule is COc1ccc(C=NNC(=O)CCC(=O)Nc2ccc(I)cc2)c(OC)c1. The molecule has 7 nitrogen and oxygen atoms in total. The van der Waals surface area contributed by atoms with Gasteiger partial charge in [0.15, 0.2) is 0 Å². The van der Waals surface area contributed by atoms with Gasteiger partial charge in [0.25, 0.3) is 0 Å². The summed E-state index contributed by atoms with van der Waals surface area (Å²) in [5.41, 5.74) is 3.79. The Kier molecular flexibility index (Phi) is 8.05. The number of carbonyl (C=O) groups excluding carboxylic acids is 2. The maximum atomic E-state index is 11.9. The maximum Gasteiger partial charge on any atom is 0.240 e. The van der Waals surface area contributed by atoms with Crippen molar-refractivity contribution in [1.82, 2.24) is 5.43 Å². The van der Waals surface area contributed by atoms with E-state index in [1.807, 2.05) is 24.3 Å². The molecule has 142 valence electrons. The van der Waals surface area contributed by atoms with Crippen LogP contribution < -0.4 is 20.2 Å². The minimum atomic E-state index is -0.350. The molecule has 0 radical (unpaired) electrons. The zero-order valence-corrected chi connectivity index (χ0v) is 17.1. The molecule has 0 fully saturated rings. The van der Waals surface area contributed by atoms with Crippen molar-refractivity contribution in [3.8, 4) is 11.5 Å². The standard InChI is InChI=1S/C19H20IN3O4/c1-26-16-8-3-13(17(11-16)27-2)12-21-23-19(25)10-9-18(24)22-15-6-4-14(20)5-7-15/h3-8,11-12H,9-10H2,1-2H3,(H,22,24)(H,23,25). The van der Waals surface area contributed by atoms with Gasteiger partial charge in [-0.1, -0.05) is 0 Å². The first-order valence-electron chi connectivity index (χ1n) is 8.11. The fourth-order valence-corrected chi connectivity index (χ4v) is 2.50. The van der Waals surface area contributed by atoms with E-state index in [9.17, 15) is 9.59 Å². The summed E-state index contributed by atoms with van der Waals surface area (Å²) in [6.07, 6.45) is 1.58. The monoisotopic (exact) mass is 481 g/mol. The highest BCUT2D eigenvalue weighted by molar-refractivity contribution is 14.1. The van der Waals surface area contributed by atoms with Crippen molar-refractivity contribution in [3.63, 3.8) is 0 Å². The molecular weight excluding hydrogens is 461 g/mol. The first-order valence-corrected chi connectivity index (χ1v) is 9.19. The van der Waals surface area contributed by atoms with Crippen LogP contribution in [0.25, 0.3) is 0 Å². The minimum Gasteiger partial charge on any atom is -0.497 e. The quantitative estimate of drug-likeness (QED) is 0.345. The summed E-state index contributed by atoms with van der Waals surface area (Å²) in [5.74, 6) is 0.653. The average molecular weight is 481 g/mol. The zero-order valence-electron chi connectivity index (χ0n) is 15.0. The van der Waals surface area contributed by atoms with Crippen LogP contribution in [0.2, 0.25) is 0 Å². The first kappa shape index (κ1) is 20.7. The Labute approximate surface area is 171 Å². The molecule has 2 aromatic carbocycles. The van der Waals surface area contributed by atoms with Crippen LogP contribution in [0.5, 0.6) is 11.5 Å². The van der Waals surface area contributed by atoms with Gasteiger partial charge in [-0.15, -0.1) is 0 Å². The first-order chi connectivity index (χ1) is 13.0. The molecule has 0 saturated carbocycles. The Bertz CT molecular complexity index is 822. The van der Waals surface area contributed by atoms with Crippen molar-refractivity contribution in [2.24, 2.45) is 5.10 Å². The van der Waals surface area contributed by atoms with Crippen LogP contribution in [-0.4, -0.2) is 32.2 Å². The van der Waals surface area contributed by atoms with Gasteiger partial charge in [-0.05, 0) is 59.0 Å². The molecule has 0 saturated heterocycles. The Morgan fingerprint density at radius 1 is 1.04 bits per heavy atom. The number of methoxy groups -OCH3 is 2. The lowest BCUT2D eigenvalue weighted by Crippen LogP contribution is -2.20. The van der Waals surface area contributed by atoms with Gasteiger partial charge in [-0.25, -0.2) is 5.43 Å². The van der Waals surface area contributed by atoms with Crippen LogP contribution in [0.1, 0.15) is 18.4 Å². The summed E-state index contributed by atoms with van der Waals surface area (Å²) in [6.45, 7) is 0. The third kappa shape index (κ3) is 6.89. The molecule has 2 rings (SSSR count).